The number of thiophene rings is 1. The third-order valence-corrected chi connectivity index (χ3v) is 4.78. The van der Waals surface area contributed by atoms with E-state index in [0.29, 0.717) is 5.16 Å². The summed E-state index contributed by atoms with van der Waals surface area (Å²) in [6, 6.07) is 1.94. The number of ketones is 1. The molecule has 0 saturated carbocycles. The van der Waals surface area contributed by atoms with E-state index in [4.69, 9.17) is 0 Å². The van der Waals surface area contributed by atoms with Gasteiger partial charge in [-0.25, -0.2) is 9.89 Å². The van der Waals surface area contributed by atoms with Crippen LogP contribution in [0, 0.1) is 13.8 Å². The Labute approximate surface area is 125 Å². The molecule has 0 amide bonds. The first-order valence-electron chi connectivity index (χ1n) is 6.30. The van der Waals surface area contributed by atoms with E-state index in [-0.39, 0.29) is 23.3 Å². The van der Waals surface area contributed by atoms with Crippen LogP contribution in [0.25, 0.3) is 0 Å². The zero-order valence-corrected chi connectivity index (χ0v) is 13.5. The summed E-state index contributed by atoms with van der Waals surface area (Å²) in [5.41, 5.74) is 0.534. The second kappa shape index (κ2) is 5.97. The molecule has 0 aliphatic rings. The predicted octanol–water partition coefficient (Wildman–Crippen LogP) is 2.81. The minimum atomic E-state index is -0.238. The van der Waals surface area contributed by atoms with Gasteiger partial charge in [0.1, 0.15) is 0 Å². The second-order valence-electron chi connectivity index (χ2n) is 4.81. The first kappa shape index (κ1) is 15.1. The van der Waals surface area contributed by atoms with E-state index in [1.165, 1.54) is 11.8 Å². The van der Waals surface area contributed by atoms with Gasteiger partial charge in [-0.05, 0) is 33.8 Å². The summed E-state index contributed by atoms with van der Waals surface area (Å²) in [6.07, 6.45) is 0. The maximum absolute atomic E-state index is 12.2. The summed E-state index contributed by atoms with van der Waals surface area (Å²) in [5, 5.41) is 6.95. The van der Waals surface area contributed by atoms with Gasteiger partial charge in [-0.3, -0.25) is 9.36 Å². The number of thioether (sulfide) groups is 1. The smallest absolute Gasteiger partial charge is 0.293 e. The Morgan fingerprint density at radius 1 is 1.50 bits per heavy atom. The molecule has 0 saturated heterocycles. The number of H-pyrrole nitrogens is 1. The van der Waals surface area contributed by atoms with Gasteiger partial charge in [0.05, 0.1) is 5.75 Å². The first-order chi connectivity index (χ1) is 9.40. The Kier molecular flexibility index (Phi) is 4.49. The van der Waals surface area contributed by atoms with E-state index in [9.17, 15) is 9.59 Å². The Bertz CT molecular complexity index is 682. The molecule has 0 bridgehead atoms. The highest BCUT2D eigenvalue weighted by molar-refractivity contribution is 7.99. The number of hydrogen-bond acceptors (Lipinski definition) is 5. The number of rotatable bonds is 5. The highest BCUT2D eigenvalue weighted by Gasteiger charge is 2.16. The lowest BCUT2D eigenvalue weighted by molar-refractivity contribution is 0.102. The van der Waals surface area contributed by atoms with E-state index < -0.39 is 0 Å². The van der Waals surface area contributed by atoms with Crippen LogP contribution in [-0.2, 0) is 0 Å². The number of carbonyl (C=O) groups excluding carboxylic acids is 1. The number of carbonyl (C=O) groups is 1. The van der Waals surface area contributed by atoms with Crippen molar-refractivity contribution in [3.8, 4) is 0 Å². The summed E-state index contributed by atoms with van der Waals surface area (Å²) in [4.78, 5) is 26.0. The third-order valence-electron chi connectivity index (χ3n) is 2.86. The van der Waals surface area contributed by atoms with Crippen LogP contribution in [0.3, 0.4) is 0 Å². The Hall–Kier alpha value is -1.34. The standard InChI is InChI=1S/C13H17N3O2S2/c1-7(2)16-12(18)14-15-13(16)19-6-11(17)10-5-8(3)20-9(10)4/h5,7H,6H2,1-4H3,(H,14,18). The highest BCUT2D eigenvalue weighted by Crippen LogP contribution is 2.24. The number of nitrogens with zero attached hydrogens (tertiary/aromatic N) is 2. The van der Waals surface area contributed by atoms with Crippen LogP contribution in [0.5, 0.6) is 0 Å². The number of aryl methyl sites for hydroxylation is 2. The van der Waals surface area contributed by atoms with Gasteiger partial charge < -0.3 is 0 Å². The quantitative estimate of drug-likeness (QED) is 0.681. The van der Waals surface area contributed by atoms with Crippen LogP contribution in [0.4, 0.5) is 0 Å². The van der Waals surface area contributed by atoms with Crippen molar-refractivity contribution in [1.29, 1.82) is 0 Å². The Balaban J connectivity index is 2.11. The van der Waals surface area contributed by atoms with E-state index in [0.717, 1.165) is 15.3 Å². The zero-order chi connectivity index (χ0) is 14.9. The molecular weight excluding hydrogens is 294 g/mol. The molecule has 0 aromatic carbocycles. The molecule has 2 heterocycles. The average Bonchev–Trinajstić information content (AvgIpc) is 2.89. The van der Waals surface area contributed by atoms with Crippen molar-refractivity contribution < 1.29 is 4.79 Å². The predicted molar refractivity (Wildman–Crippen MR) is 82.1 cm³/mol. The molecule has 0 atom stereocenters. The van der Waals surface area contributed by atoms with Gasteiger partial charge in [0, 0.05) is 21.4 Å². The molecule has 0 unspecified atom stereocenters. The molecule has 20 heavy (non-hydrogen) atoms. The monoisotopic (exact) mass is 311 g/mol. The van der Waals surface area contributed by atoms with Gasteiger partial charge in [-0.1, -0.05) is 11.8 Å². The molecule has 0 aliphatic heterocycles. The number of aromatic amines is 1. The summed E-state index contributed by atoms with van der Waals surface area (Å²) in [7, 11) is 0. The normalized spacial score (nSPS) is 11.2. The second-order valence-corrected chi connectivity index (χ2v) is 7.22. The molecule has 2 rings (SSSR count). The zero-order valence-electron chi connectivity index (χ0n) is 11.9. The van der Waals surface area contributed by atoms with E-state index in [1.807, 2.05) is 33.8 Å². The lowest BCUT2D eigenvalue weighted by atomic mass is 10.2. The van der Waals surface area contributed by atoms with Gasteiger partial charge >= 0.3 is 5.69 Å². The molecule has 108 valence electrons. The minimum Gasteiger partial charge on any atom is -0.293 e. The van der Waals surface area contributed by atoms with E-state index in [1.54, 1.807) is 15.9 Å². The molecule has 0 fully saturated rings. The molecule has 2 aromatic heterocycles. The molecule has 0 radical (unpaired) electrons. The molecule has 0 spiro atoms. The van der Waals surface area contributed by atoms with Crippen LogP contribution in [0.1, 0.15) is 40.0 Å². The Morgan fingerprint density at radius 2 is 2.20 bits per heavy atom. The van der Waals surface area contributed by atoms with Crippen molar-refractivity contribution in [2.75, 3.05) is 5.75 Å². The molecular formula is C13H17N3O2S2. The topological polar surface area (TPSA) is 67.8 Å². The van der Waals surface area contributed by atoms with Crippen LogP contribution in [0.2, 0.25) is 0 Å². The van der Waals surface area contributed by atoms with Gasteiger partial charge in [0.2, 0.25) is 0 Å². The third kappa shape index (κ3) is 3.04. The maximum atomic E-state index is 12.2. The fourth-order valence-corrected chi connectivity index (χ4v) is 3.86. The summed E-state index contributed by atoms with van der Waals surface area (Å²) >= 11 is 2.92. The van der Waals surface area contributed by atoms with Crippen molar-refractivity contribution in [3.63, 3.8) is 0 Å². The van der Waals surface area contributed by atoms with Crippen LogP contribution >= 0.6 is 23.1 Å². The van der Waals surface area contributed by atoms with Crippen molar-refractivity contribution in [3.05, 3.63) is 31.9 Å². The minimum absolute atomic E-state index is 0.0176. The molecule has 5 nitrogen and oxygen atoms in total. The fourth-order valence-electron chi connectivity index (χ4n) is 1.96. The van der Waals surface area contributed by atoms with Crippen LogP contribution in [0.15, 0.2) is 16.0 Å². The van der Waals surface area contributed by atoms with Crippen molar-refractivity contribution in [1.82, 2.24) is 14.8 Å². The molecule has 2 aromatic rings. The fraction of sp³-hybridized carbons (Fsp3) is 0.462. The molecule has 7 heteroatoms. The van der Waals surface area contributed by atoms with E-state index >= 15 is 0 Å². The SMILES string of the molecule is Cc1cc(C(=O)CSc2n[nH]c(=O)n2C(C)C)c(C)s1. The maximum Gasteiger partial charge on any atom is 0.344 e. The number of aromatic nitrogens is 3. The van der Waals surface area contributed by atoms with Gasteiger partial charge in [-0.15, -0.1) is 16.4 Å². The van der Waals surface area contributed by atoms with Crippen molar-refractivity contribution in [2.24, 2.45) is 0 Å². The van der Waals surface area contributed by atoms with Crippen LogP contribution in [-0.4, -0.2) is 26.3 Å². The largest absolute Gasteiger partial charge is 0.344 e. The summed E-state index contributed by atoms with van der Waals surface area (Å²) in [6.45, 7) is 7.77. The first-order valence-corrected chi connectivity index (χ1v) is 8.10. The van der Waals surface area contributed by atoms with Gasteiger partial charge in [0.15, 0.2) is 10.9 Å². The Morgan fingerprint density at radius 3 is 2.75 bits per heavy atom. The number of nitrogens with one attached hydrogen (secondary N) is 1. The van der Waals surface area contributed by atoms with Gasteiger partial charge in [0.25, 0.3) is 0 Å². The van der Waals surface area contributed by atoms with Crippen LogP contribution < -0.4 is 5.69 Å². The lowest BCUT2D eigenvalue weighted by Gasteiger charge is -2.07. The molecule has 0 aliphatic carbocycles. The number of hydrogen-bond donors (Lipinski definition) is 1. The van der Waals surface area contributed by atoms with Gasteiger partial charge in [-0.2, -0.15) is 0 Å². The number of Topliss-reactive ketones (excluding diaryl/α,β-unsaturated/α-hetero) is 1. The molecule has 1 N–H and O–H groups in total. The summed E-state index contributed by atoms with van der Waals surface area (Å²) < 4.78 is 1.56. The van der Waals surface area contributed by atoms with Crippen molar-refractivity contribution in [2.45, 2.75) is 38.9 Å². The van der Waals surface area contributed by atoms with E-state index in [2.05, 4.69) is 10.2 Å². The lowest BCUT2D eigenvalue weighted by Crippen LogP contribution is -2.19. The summed E-state index contributed by atoms with van der Waals surface area (Å²) in [5.74, 6) is 0.358. The highest BCUT2D eigenvalue weighted by atomic mass is 32.2. The average molecular weight is 311 g/mol. The van der Waals surface area contributed by atoms with Crippen molar-refractivity contribution >= 4 is 28.9 Å².